The summed E-state index contributed by atoms with van der Waals surface area (Å²) in [6, 6.07) is 10.0. The smallest absolute Gasteiger partial charge is 0.306 e. The van der Waals surface area contributed by atoms with Gasteiger partial charge in [-0.15, -0.1) is 0 Å². The predicted octanol–water partition coefficient (Wildman–Crippen LogP) is 2.52. The van der Waals surface area contributed by atoms with Crippen molar-refractivity contribution in [1.82, 2.24) is 30.3 Å². The Morgan fingerprint density at radius 3 is 2.76 bits per heavy atom. The molecule has 1 aliphatic heterocycles. The van der Waals surface area contributed by atoms with Crippen LogP contribution in [0.1, 0.15) is 30.4 Å². The lowest BCUT2D eigenvalue weighted by Gasteiger charge is -2.15. The van der Waals surface area contributed by atoms with Crippen molar-refractivity contribution in [2.45, 2.75) is 44.5 Å². The number of carbonyl (C=O) groups excluding carboxylic acids is 1. The van der Waals surface area contributed by atoms with Crippen LogP contribution in [0, 0.1) is 5.82 Å². The number of hydrogen-bond acceptors (Lipinski definition) is 9. The quantitative estimate of drug-likeness (QED) is 0.147. The van der Waals surface area contributed by atoms with Crippen molar-refractivity contribution in [3.63, 3.8) is 0 Å². The summed E-state index contributed by atoms with van der Waals surface area (Å²) in [6.07, 6.45) is 2.73. The number of nitrogens with zero attached hydrogens (tertiary/aromatic N) is 3. The number of pyridine rings is 2. The van der Waals surface area contributed by atoms with E-state index >= 15 is 4.39 Å². The monoisotopic (exact) mass is 638 g/mol. The van der Waals surface area contributed by atoms with Gasteiger partial charge in [-0.2, -0.15) is 0 Å². The molecule has 1 fully saturated rings. The molecule has 5 rings (SSSR count). The van der Waals surface area contributed by atoms with Crippen molar-refractivity contribution < 1.29 is 28.9 Å². The predicted molar refractivity (Wildman–Crippen MR) is 164 cm³/mol. The Bertz CT molecular complexity index is 1800. The third kappa shape index (κ3) is 7.45. The molecule has 1 amide bonds. The van der Waals surface area contributed by atoms with Gasteiger partial charge in [0.15, 0.2) is 0 Å². The third-order valence-electron chi connectivity index (χ3n) is 7.47. The molecule has 2 atom stereocenters. The van der Waals surface area contributed by atoms with Crippen molar-refractivity contribution in [3.8, 4) is 28.3 Å². The number of halogens is 2. The molecule has 1 unspecified atom stereocenters. The van der Waals surface area contributed by atoms with Crippen LogP contribution >= 0.6 is 11.6 Å². The van der Waals surface area contributed by atoms with Crippen LogP contribution in [-0.4, -0.2) is 68.8 Å². The fourth-order valence-corrected chi connectivity index (χ4v) is 5.52. The number of carboxylic acid groups (broad SMARTS) is 1. The zero-order valence-corrected chi connectivity index (χ0v) is 25.1. The van der Waals surface area contributed by atoms with Crippen LogP contribution in [0.3, 0.4) is 0 Å². The summed E-state index contributed by atoms with van der Waals surface area (Å²) in [5.41, 5.74) is 2.71. The molecule has 0 saturated carbocycles. The van der Waals surface area contributed by atoms with Gasteiger partial charge in [-0.25, -0.2) is 14.4 Å². The molecular weight excluding hydrogens is 607 g/mol. The van der Waals surface area contributed by atoms with E-state index in [-0.39, 0.29) is 54.3 Å². The van der Waals surface area contributed by atoms with Gasteiger partial charge in [0.25, 0.3) is 5.56 Å². The van der Waals surface area contributed by atoms with E-state index < -0.39 is 24.3 Å². The number of amides is 1. The van der Waals surface area contributed by atoms with E-state index in [9.17, 15) is 19.5 Å². The fourth-order valence-electron chi connectivity index (χ4n) is 5.19. The number of carbonyl (C=O) groups is 2. The zero-order valence-electron chi connectivity index (χ0n) is 24.3. The lowest BCUT2D eigenvalue weighted by molar-refractivity contribution is -0.139. The van der Waals surface area contributed by atoms with Crippen LogP contribution in [-0.2, 0) is 22.7 Å². The number of aromatic nitrogens is 3. The number of aliphatic carboxylic acids is 1. The number of methoxy groups -OCH3 is 1. The Morgan fingerprint density at radius 2 is 2.02 bits per heavy atom. The highest BCUT2D eigenvalue weighted by Crippen LogP contribution is 2.37. The molecule has 0 radical (unpaired) electrons. The summed E-state index contributed by atoms with van der Waals surface area (Å²) >= 11 is 6.85. The lowest BCUT2D eigenvalue weighted by atomic mass is 10.0. The Labute approximate surface area is 262 Å². The minimum absolute atomic E-state index is 0.000167. The first-order valence-corrected chi connectivity index (χ1v) is 14.7. The van der Waals surface area contributed by atoms with E-state index in [1.54, 1.807) is 36.5 Å². The number of carboxylic acids is 1. The number of hydrogen-bond donors (Lipinski definition) is 5. The summed E-state index contributed by atoms with van der Waals surface area (Å²) in [5.74, 6) is -1.50. The van der Waals surface area contributed by atoms with Crippen LogP contribution in [0.2, 0.25) is 5.02 Å². The van der Waals surface area contributed by atoms with Gasteiger partial charge >= 0.3 is 5.97 Å². The van der Waals surface area contributed by atoms with Crippen LogP contribution in [0.15, 0.2) is 53.6 Å². The van der Waals surface area contributed by atoms with Gasteiger partial charge in [-0.3, -0.25) is 18.8 Å². The van der Waals surface area contributed by atoms with E-state index in [1.165, 1.54) is 23.8 Å². The molecule has 1 aliphatic rings. The van der Waals surface area contributed by atoms with E-state index in [0.29, 0.717) is 45.9 Å². The molecule has 0 spiro atoms. The lowest BCUT2D eigenvalue weighted by Crippen LogP contribution is -2.35. The van der Waals surface area contributed by atoms with Gasteiger partial charge < -0.3 is 30.9 Å². The van der Waals surface area contributed by atoms with Crippen molar-refractivity contribution in [1.29, 1.82) is 0 Å². The van der Waals surface area contributed by atoms with E-state index in [1.807, 2.05) is 0 Å². The minimum atomic E-state index is -1.11. The van der Waals surface area contributed by atoms with Crippen LogP contribution in [0.5, 0.6) is 5.88 Å². The zero-order chi connectivity index (χ0) is 32.1. The molecule has 14 heteroatoms. The highest BCUT2D eigenvalue weighted by atomic mass is 35.5. The summed E-state index contributed by atoms with van der Waals surface area (Å²) in [7, 11) is 1.42. The second kappa shape index (κ2) is 14.1. The molecular formula is C31H32ClFN6O6. The summed E-state index contributed by atoms with van der Waals surface area (Å²) in [4.78, 5) is 44.1. The average molecular weight is 639 g/mol. The Kier molecular flexibility index (Phi) is 10.0. The van der Waals surface area contributed by atoms with Crippen LogP contribution in [0.25, 0.3) is 28.0 Å². The van der Waals surface area contributed by atoms with E-state index in [4.69, 9.17) is 21.4 Å². The van der Waals surface area contributed by atoms with Crippen LogP contribution < -0.4 is 26.2 Å². The second-order valence-corrected chi connectivity index (χ2v) is 11.1. The average Bonchev–Trinajstić information content (AvgIpc) is 3.43. The molecule has 45 heavy (non-hydrogen) atoms. The molecule has 5 N–H and O–H groups in total. The standard InChI is InChI=1S/C31H32ClFN6O6/c1-45-30-23(16-35-14-19-5-6-27(41)37-19)24(33)11-25(38-30)22-4-2-3-21(29(22)32)17-7-8-39-26(9-17)36-13-18(31(39)44)12-34-15-20(40)10-28(42)43/h2-4,7-9,11,13,19-20,34-35,40H,5-6,10,12,14-16H2,1H3,(H,37,41)(H,42,43)/t19-,20?/m0/s1. The van der Waals surface area contributed by atoms with Crippen LogP contribution in [0.4, 0.5) is 4.39 Å². The van der Waals surface area contributed by atoms with Crippen molar-refractivity contribution in [2.75, 3.05) is 20.2 Å². The number of fused-ring (bicyclic) bond motifs is 1. The summed E-state index contributed by atoms with van der Waals surface area (Å²) in [5, 5.41) is 27.7. The first kappa shape index (κ1) is 32.0. The summed E-state index contributed by atoms with van der Waals surface area (Å²) in [6.45, 7) is 0.763. The maximum atomic E-state index is 15.4. The van der Waals surface area contributed by atoms with Gasteiger partial charge in [0.2, 0.25) is 11.8 Å². The molecule has 1 saturated heterocycles. The third-order valence-corrected chi connectivity index (χ3v) is 7.88. The van der Waals surface area contributed by atoms with Crippen molar-refractivity contribution in [3.05, 3.63) is 81.1 Å². The molecule has 4 heterocycles. The highest BCUT2D eigenvalue weighted by Gasteiger charge is 2.22. The van der Waals surface area contributed by atoms with Crippen molar-refractivity contribution in [2.24, 2.45) is 0 Å². The normalized spacial score (nSPS) is 15.3. The molecule has 236 valence electrons. The van der Waals surface area contributed by atoms with Crippen molar-refractivity contribution >= 4 is 29.1 Å². The number of aliphatic hydroxyl groups excluding tert-OH is 1. The topological polar surface area (TPSA) is 167 Å². The first-order valence-electron chi connectivity index (χ1n) is 14.3. The van der Waals surface area contributed by atoms with Gasteiger partial charge in [-0.1, -0.05) is 29.8 Å². The number of nitrogens with one attached hydrogen (secondary N) is 3. The van der Waals surface area contributed by atoms with E-state index in [0.717, 1.165) is 6.42 Å². The Morgan fingerprint density at radius 1 is 1.22 bits per heavy atom. The number of rotatable bonds is 13. The van der Waals surface area contributed by atoms with E-state index in [2.05, 4.69) is 25.9 Å². The first-order chi connectivity index (χ1) is 21.6. The molecule has 3 aromatic heterocycles. The van der Waals surface area contributed by atoms with Gasteiger partial charge in [-0.05, 0) is 24.1 Å². The molecule has 1 aromatic carbocycles. The molecule has 0 aliphatic carbocycles. The highest BCUT2D eigenvalue weighted by molar-refractivity contribution is 6.36. The number of ether oxygens (including phenoxy) is 1. The fraction of sp³-hybridized carbons (Fsp3) is 0.323. The van der Waals surface area contributed by atoms with Gasteiger partial charge in [0, 0.05) is 73.8 Å². The van der Waals surface area contributed by atoms with Gasteiger partial charge in [0.05, 0.1) is 35.9 Å². The second-order valence-electron chi connectivity index (χ2n) is 10.7. The minimum Gasteiger partial charge on any atom is -0.481 e. The molecule has 4 aromatic rings. The Balaban J connectivity index is 1.35. The van der Waals surface area contributed by atoms with Gasteiger partial charge in [0.1, 0.15) is 11.5 Å². The number of aliphatic hydroxyl groups is 1. The summed E-state index contributed by atoms with van der Waals surface area (Å²) < 4.78 is 22.2. The molecule has 0 bridgehead atoms. The largest absolute Gasteiger partial charge is 0.481 e. The SMILES string of the molecule is COc1nc(-c2cccc(-c3ccn4c(=O)c(CNCC(O)CC(=O)O)cnc4c3)c2Cl)cc(F)c1CNC[C@@H]1CCC(=O)N1. The maximum absolute atomic E-state index is 15.4. The molecule has 12 nitrogen and oxygen atoms in total. The number of benzene rings is 1. The maximum Gasteiger partial charge on any atom is 0.306 e. The Hall–Kier alpha value is -4.43.